The molecule has 4 nitrogen and oxygen atoms in total. The van der Waals surface area contributed by atoms with Gasteiger partial charge in [-0.25, -0.2) is 4.79 Å². The normalized spacial score (nSPS) is 26.7. The van der Waals surface area contributed by atoms with Gasteiger partial charge >= 0.3 is 6.09 Å². The van der Waals surface area contributed by atoms with Crippen LogP contribution >= 0.6 is 11.6 Å². The van der Waals surface area contributed by atoms with Gasteiger partial charge in [0.1, 0.15) is 0 Å². The number of fused-ring (bicyclic) bond motifs is 1. The monoisotopic (exact) mass is 280 g/mol. The summed E-state index contributed by atoms with van der Waals surface area (Å²) in [5.74, 6) is 0.991. The van der Waals surface area contributed by atoms with Crippen molar-refractivity contribution < 1.29 is 9.90 Å². The molecular weight excluding hydrogens is 264 g/mol. The fourth-order valence-corrected chi connectivity index (χ4v) is 3.48. The Kier molecular flexibility index (Phi) is 3.37. The predicted molar refractivity (Wildman–Crippen MR) is 73.3 cm³/mol. The van der Waals surface area contributed by atoms with Crippen LogP contribution in [0.25, 0.3) is 0 Å². The molecule has 0 spiro atoms. The van der Waals surface area contributed by atoms with Crippen LogP contribution < -0.4 is 0 Å². The minimum absolute atomic E-state index is 0.496. The molecule has 0 aliphatic carbocycles. The summed E-state index contributed by atoms with van der Waals surface area (Å²) in [7, 11) is 0. The summed E-state index contributed by atoms with van der Waals surface area (Å²) in [6.45, 7) is 4.25. The molecule has 0 bridgehead atoms. The van der Waals surface area contributed by atoms with Gasteiger partial charge in [0.05, 0.1) is 0 Å². The van der Waals surface area contributed by atoms with Gasteiger partial charge in [0.2, 0.25) is 0 Å². The third-order valence-corrected chi connectivity index (χ3v) is 4.36. The number of carboxylic acid groups (broad SMARTS) is 1. The molecule has 19 heavy (non-hydrogen) atoms. The average Bonchev–Trinajstić information content (AvgIpc) is 2.86. The standard InChI is InChI=1S/C14H17ClN2O2/c15-13-3-1-2-10(4-13)5-16-6-11-8-17(14(18)19)9-12(11)7-16/h1-4,11-12H,5-9H2,(H,18,19). The summed E-state index contributed by atoms with van der Waals surface area (Å²) >= 11 is 5.99. The Morgan fingerprint density at radius 2 is 1.95 bits per heavy atom. The zero-order chi connectivity index (χ0) is 13.4. The zero-order valence-electron chi connectivity index (χ0n) is 10.6. The van der Waals surface area contributed by atoms with E-state index in [-0.39, 0.29) is 0 Å². The topological polar surface area (TPSA) is 43.8 Å². The van der Waals surface area contributed by atoms with E-state index in [1.807, 2.05) is 18.2 Å². The van der Waals surface area contributed by atoms with Crippen LogP contribution in [0, 0.1) is 11.8 Å². The van der Waals surface area contributed by atoms with Gasteiger partial charge < -0.3 is 10.0 Å². The molecule has 102 valence electrons. The Morgan fingerprint density at radius 1 is 1.26 bits per heavy atom. The van der Waals surface area contributed by atoms with Gasteiger partial charge in [0.25, 0.3) is 0 Å². The van der Waals surface area contributed by atoms with E-state index in [9.17, 15) is 4.79 Å². The van der Waals surface area contributed by atoms with E-state index in [0.29, 0.717) is 24.9 Å². The van der Waals surface area contributed by atoms with E-state index in [4.69, 9.17) is 16.7 Å². The van der Waals surface area contributed by atoms with Crippen LogP contribution in [0.3, 0.4) is 0 Å². The van der Waals surface area contributed by atoms with Crippen molar-refractivity contribution in [2.75, 3.05) is 26.2 Å². The van der Waals surface area contributed by atoms with Gasteiger partial charge in [0, 0.05) is 37.7 Å². The molecular formula is C14H17ClN2O2. The van der Waals surface area contributed by atoms with Crippen molar-refractivity contribution in [3.8, 4) is 0 Å². The highest BCUT2D eigenvalue weighted by Gasteiger charge is 2.41. The fraction of sp³-hybridized carbons (Fsp3) is 0.500. The number of benzene rings is 1. The molecule has 2 saturated heterocycles. The van der Waals surface area contributed by atoms with Crippen molar-refractivity contribution in [3.63, 3.8) is 0 Å². The molecule has 1 aromatic rings. The molecule has 2 heterocycles. The van der Waals surface area contributed by atoms with Crippen LogP contribution in [-0.2, 0) is 6.54 Å². The Balaban J connectivity index is 1.59. The molecule has 3 rings (SSSR count). The quantitative estimate of drug-likeness (QED) is 0.905. The molecule has 2 atom stereocenters. The van der Waals surface area contributed by atoms with E-state index in [0.717, 1.165) is 24.7 Å². The Bertz CT molecular complexity index is 480. The van der Waals surface area contributed by atoms with Crippen LogP contribution in [0.4, 0.5) is 4.79 Å². The van der Waals surface area contributed by atoms with Crippen LogP contribution in [0.5, 0.6) is 0 Å². The summed E-state index contributed by atoms with van der Waals surface area (Å²) in [6, 6.07) is 7.94. The Labute approximate surface area is 117 Å². The lowest BCUT2D eigenvalue weighted by Gasteiger charge is -2.19. The smallest absolute Gasteiger partial charge is 0.407 e. The number of hydrogen-bond donors (Lipinski definition) is 1. The van der Waals surface area contributed by atoms with Crippen molar-refractivity contribution in [3.05, 3.63) is 34.9 Å². The summed E-state index contributed by atoms with van der Waals surface area (Å²) in [6.07, 6.45) is -0.782. The number of carbonyl (C=O) groups is 1. The molecule has 1 aromatic carbocycles. The number of amides is 1. The molecule has 5 heteroatoms. The van der Waals surface area contributed by atoms with Gasteiger partial charge in [-0.15, -0.1) is 0 Å². The highest BCUT2D eigenvalue weighted by molar-refractivity contribution is 6.30. The van der Waals surface area contributed by atoms with Gasteiger partial charge in [0.15, 0.2) is 0 Å². The summed E-state index contributed by atoms with van der Waals surface area (Å²) in [5, 5.41) is 9.77. The molecule has 1 amide bonds. The predicted octanol–water partition coefficient (Wildman–Crippen LogP) is 2.38. The Hall–Kier alpha value is -1.26. The summed E-state index contributed by atoms with van der Waals surface area (Å²) in [4.78, 5) is 14.9. The molecule has 0 saturated carbocycles. The first kappa shape index (κ1) is 12.8. The zero-order valence-corrected chi connectivity index (χ0v) is 11.4. The molecule has 2 aliphatic heterocycles. The maximum atomic E-state index is 10.9. The first-order valence-corrected chi connectivity index (χ1v) is 6.94. The third-order valence-electron chi connectivity index (χ3n) is 4.13. The maximum Gasteiger partial charge on any atom is 0.407 e. The highest BCUT2D eigenvalue weighted by Crippen LogP contribution is 2.31. The number of rotatable bonds is 2. The van der Waals surface area contributed by atoms with Crippen molar-refractivity contribution in [2.45, 2.75) is 6.54 Å². The minimum Gasteiger partial charge on any atom is -0.465 e. The van der Waals surface area contributed by atoms with Crippen molar-refractivity contribution in [2.24, 2.45) is 11.8 Å². The van der Waals surface area contributed by atoms with E-state index in [2.05, 4.69) is 11.0 Å². The van der Waals surface area contributed by atoms with Crippen molar-refractivity contribution >= 4 is 17.7 Å². The lowest BCUT2D eigenvalue weighted by Crippen LogP contribution is -2.31. The first-order chi connectivity index (χ1) is 9.11. The molecule has 0 radical (unpaired) electrons. The second-order valence-corrected chi connectivity index (χ2v) is 5.97. The van der Waals surface area contributed by atoms with Gasteiger partial charge in [-0.2, -0.15) is 0 Å². The minimum atomic E-state index is -0.782. The van der Waals surface area contributed by atoms with E-state index < -0.39 is 6.09 Å². The molecule has 1 N–H and O–H groups in total. The second-order valence-electron chi connectivity index (χ2n) is 5.53. The molecule has 2 fully saturated rings. The lowest BCUT2D eigenvalue weighted by molar-refractivity contribution is 0.148. The van der Waals surface area contributed by atoms with E-state index >= 15 is 0 Å². The molecule has 2 aliphatic rings. The van der Waals surface area contributed by atoms with Crippen LogP contribution in [0.1, 0.15) is 5.56 Å². The van der Waals surface area contributed by atoms with Crippen molar-refractivity contribution in [1.29, 1.82) is 0 Å². The second kappa shape index (κ2) is 5.02. The average molecular weight is 281 g/mol. The van der Waals surface area contributed by atoms with Gasteiger partial charge in [-0.1, -0.05) is 23.7 Å². The largest absolute Gasteiger partial charge is 0.465 e. The van der Waals surface area contributed by atoms with E-state index in [1.165, 1.54) is 5.56 Å². The molecule has 2 unspecified atom stereocenters. The number of likely N-dealkylation sites (tertiary alicyclic amines) is 2. The summed E-state index contributed by atoms with van der Waals surface area (Å²) < 4.78 is 0. The van der Waals surface area contributed by atoms with Crippen LogP contribution in [0.15, 0.2) is 24.3 Å². The number of halogens is 1. The number of nitrogens with zero attached hydrogens (tertiary/aromatic N) is 2. The first-order valence-electron chi connectivity index (χ1n) is 6.56. The number of hydrogen-bond acceptors (Lipinski definition) is 2. The molecule has 0 aromatic heterocycles. The SMILES string of the molecule is O=C(O)N1CC2CN(Cc3cccc(Cl)c3)CC2C1. The van der Waals surface area contributed by atoms with Crippen LogP contribution in [-0.4, -0.2) is 47.2 Å². The lowest BCUT2D eigenvalue weighted by atomic mass is 10.0. The van der Waals surface area contributed by atoms with Gasteiger partial charge in [-0.05, 0) is 29.5 Å². The maximum absolute atomic E-state index is 10.9. The fourth-order valence-electron chi connectivity index (χ4n) is 3.27. The van der Waals surface area contributed by atoms with Crippen LogP contribution in [0.2, 0.25) is 5.02 Å². The Morgan fingerprint density at radius 3 is 2.53 bits per heavy atom. The van der Waals surface area contributed by atoms with Gasteiger partial charge in [-0.3, -0.25) is 4.90 Å². The van der Waals surface area contributed by atoms with E-state index in [1.54, 1.807) is 4.90 Å². The summed E-state index contributed by atoms with van der Waals surface area (Å²) in [5.41, 5.74) is 1.22. The highest BCUT2D eigenvalue weighted by atomic mass is 35.5. The third kappa shape index (κ3) is 2.69. The van der Waals surface area contributed by atoms with Crippen molar-refractivity contribution in [1.82, 2.24) is 9.80 Å².